The summed E-state index contributed by atoms with van der Waals surface area (Å²) in [5.41, 5.74) is 0.428. The molecule has 3 nitrogen and oxygen atoms in total. The van der Waals surface area contributed by atoms with Crippen LogP contribution in [0.4, 0.5) is 0 Å². The van der Waals surface area contributed by atoms with Crippen molar-refractivity contribution in [1.29, 1.82) is 0 Å². The van der Waals surface area contributed by atoms with Crippen LogP contribution in [0.3, 0.4) is 0 Å². The Morgan fingerprint density at radius 2 is 2.00 bits per heavy atom. The van der Waals surface area contributed by atoms with Gasteiger partial charge in [-0.1, -0.05) is 11.6 Å². The second-order valence-corrected chi connectivity index (χ2v) is 2.76. The van der Waals surface area contributed by atoms with E-state index in [9.17, 15) is 9.59 Å². The molecule has 1 rings (SSSR count). The van der Waals surface area contributed by atoms with E-state index in [4.69, 9.17) is 16.3 Å². The summed E-state index contributed by atoms with van der Waals surface area (Å²) >= 11 is 5.72. The third kappa shape index (κ3) is 1.87. The Labute approximate surface area is 80.3 Å². The van der Waals surface area contributed by atoms with Gasteiger partial charge in [-0.05, 0) is 12.1 Å². The molecule has 0 amide bonds. The highest BCUT2D eigenvalue weighted by atomic mass is 35.5. The van der Waals surface area contributed by atoms with E-state index in [1.54, 1.807) is 0 Å². The lowest BCUT2D eigenvalue weighted by Crippen LogP contribution is -1.94. The zero-order valence-electron chi connectivity index (χ0n) is 6.91. The minimum Gasteiger partial charge on any atom is -0.497 e. The summed E-state index contributed by atoms with van der Waals surface area (Å²) in [6, 6.07) is 2.95. The van der Waals surface area contributed by atoms with Crippen LogP contribution in [0, 0.1) is 0 Å². The van der Waals surface area contributed by atoms with Gasteiger partial charge < -0.3 is 4.74 Å². The summed E-state index contributed by atoms with van der Waals surface area (Å²) in [7, 11) is 1.46. The van der Waals surface area contributed by atoms with Gasteiger partial charge in [-0.3, -0.25) is 9.59 Å². The first-order chi connectivity index (χ1) is 6.22. The standard InChI is InChI=1S/C9H7ClO3/c1-13-7-2-6(4-11)8(5-12)9(10)3-7/h2-5H,1H3. The Balaban J connectivity index is 3.36. The smallest absolute Gasteiger partial charge is 0.152 e. The monoisotopic (exact) mass is 198 g/mol. The molecule has 0 bridgehead atoms. The minimum atomic E-state index is 0.192. The van der Waals surface area contributed by atoms with E-state index in [-0.39, 0.29) is 16.1 Å². The molecule has 0 aliphatic rings. The van der Waals surface area contributed by atoms with Crippen molar-refractivity contribution in [1.82, 2.24) is 0 Å². The molecule has 0 atom stereocenters. The zero-order valence-corrected chi connectivity index (χ0v) is 7.67. The number of ether oxygens (including phenoxy) is 1. The maximum atomic E-state index is 10.5. The van der Waals surface area contributed by atoms with E-state index in [2.05, 4.69) is 0 Å². The average Bonchev–Trinajstić information content (AvgIpc) is 2.16. The molecule has 0 N–H and O–H groups in total. The fourth-order valence-electron chi connectivity index (χ4n) is 0.953. The summed E-state index contributed by atoms with van der Waals surface area (Å²) in [4.78, 5) is 21.1. The molecule has 0 spiro atoms. The minimum absolute atomic E-state index is 0.192. The predicted octanol–water partition coefficient (Wildman–Crippen LogP) is 1.97. The lowest BCUT2D eigenvalue weighted by atomic mass is 10.1. The lowest BCUT2D eigenvalue weighted by Gasteiger charge is -2.04. The number of halogens is 1. The van der Waals surface area contributed by atoms with Crippen molar-refractivity contribution in [2.45, 2.75) is 0 Å². The highest BCUT2D eigenvalue weighted by Gasteiger charge is 2.08. The normalized spacial score (nSPS) is 9.38. The molecule has 0 saturated heterocycles. The van der Waals surface area contributed by atoms with Gasteiger partial charge in [0.05, 0.1) is 12.1 Å². The summed E-state index contributed by atoms with van der Waals surface area (Å²) in [5.74, 6) is 0.456. The average molecular weight is 199 g/mol. The molecule has 68 valence electrons. The fourth-order valence-corrected chi connectivity index (χ4v) is 1.21. The Hall–Kier alpha value is -1.35. The van der Waals surface area contributed by atoms with Crippen LogP contribution in [0.15, 0.2) is 12.1 Å². The fraction of sp³-hybridized carbons (Fsp3) is 0.111. The molecule has 0 aliphatic carbocycles. The van der Waals surface area contributed by atoms with Crippen LogP contribution in [-0.2, 0) is 0 Å². The SMILES string of the molecule is COc1cc(Cl)c(C=O)c(C=O)c1. The number of methoxy groups -OCH3 is 1. The number of carbonyl (C=O) groups excluding carboxylic acids is 2. The molecule has 0 saturated carbocycles. The van der Waals surface area contributed by atoms with Gasteiger partial charge in [0, 0.05) is 11.1 Å². The van der Waals surface area contributed by atoms with Gasteiger partial charge >= 0.3 is 0 Å². The van der Waals surface area contributed by atoms with Crippen LogP contribution < -0.4 is 4.74 Å². The van der Waals surface area contributed by atoms with Crippen LogP contribution in [0.1, 0.15) is 20.7 Å². The number of carbonyl (C=O) groups is 2. The van der Waals surface area contributed by atoms with Crippen molar-refractivity contribution < 1.29 is 14.3 Å². The number of hydrogen-bond donors (Lipinski definition) is 0. The molecule has 13 heavy (non-hydrogen) atoms. The third-order valence-corrected chi connectivity index (χ3v) is 1.93. The number of benzene rings is 1. The van der Waals surface area contributed by atoms with Crippen molar-refractivity contribution in [2.24, 2.45) is 0 Å². The quantitative estimate of drug-likeness (QED) is 0.698. The van der Waals surface area contributed by atoms with Crippen LogP contribution in [0.25, 0.3) is 0 Å². The first kappa shape index (κ1) is 9.74. The molecule has 0 fully saturated rings. The van der Waals surface area contributed by atoms with Gasteiger partial charge in [-0.15, -0.1) is 0 Å². The number of hydrogen-bond acceptors (Lipinski definition) is 3. The van der Waals surface area contributed by atoms with Crippen molar-refractivity contribution in [3.63, 3.8) is 0 Å². The van der Waals surface area contributed by atoms with Gasteiger partial charge in [0.1, 0.15) is 5.75 Å². The maximum absolute atomic E-state index is 10.5. The van der Waals surface area contributed by atoms with Gasteiger partial charge in [-0.25, -0.2) is 0 Å². The molecule has 0 aromatic heterocycles. The third-order valence-electron chi connectivity index (χ3n) is 1.62. The topological polar surface area (TPSA) is 43.4 Å². The van der Waals surface area contributed by atoms with Crippen molar-refractivity contribution in [3.05, 3.63) is 28.3 Å². The van der Waals surface area contributed by atoms with Crippen LogP contribution in [0.5, 0.6) is 5.75 Å². The van der Waals surface area contributed by atoms with E-state index in [1.807, 2.05) is 0 Å². The van der Waals surface area contributed by atoms with Crippen molar-refractivity contribution >= 4 is 24.2 Å². The molecule has 0 unspecified atom stereocenters. The molecule has 0 radical (unpaired) electrons. The van der Waals surface area contributed by atoms with E-state index >= 15 is 0 Å². The van der Waals surface area contributed by atoms with Gasteiger partial charge in [0.25, 0.3) is 0 Å². The zero-order chi connectivity index (χ0) is 9.84. The number of rotatable bonds is 3. The van der Waals surface area contributed by atoms with Crippen molar-refractivity contribution in [2.75, 3.05) is 7.11 Å². The van der Waals surface area contributed by atoms with E-state index in [0.29, 0.717) is 18.3 Å². The largest absolute Gasteiger partial charge is 0.497 e. The maximum Gasteiger partial charge on any atom is 0.152 e. The molecular weight excluding hydrogens is 192 g/mol. The molecule has 0 aliphatic heterocycles. The predicted molar refractivity (Wildman–Crippen MR) is 48.8 cm³/mol. The molecule has 1 aromatic carbocycles. The van der Waals surface area contributed by atoms with Crippen LogP contribution in [0.2, 0.25) is 5.02 Å². The second kappa shape index (κ2) is 4.05. The Morgan fingerprint density at radius 1 is 1.31 bits per heavy atom. The van der Waals surface area contributed by atoms with E-state index in [1.165, 1.54) is 19.2 Å². The molecular formula is C9H7ClO3. The highest BCUT2D eigenvalue weighted by Crippen LogP contribution is 2.24. The summed E-state index contributed by atoms with van der Waals surface area (Å²) in [6.45, 7) is 0. The Bertz CT molecular complexity index is 347. The van der Waals surface area contributed by atoms with Crippen LogP contribution in [-0.4, -0.2) is 19.7 Å². The van der Waals surface area contributed by atoms with Crippen LogP contribution >= 0.6 is 11.6 Å². The van der Waals surface area contributed by atoms with E-state index < -0.39 is 0 Å². The van der Waals surface area contributed by atoms with E-state index in [0.717, 1.165) is 0 Å². The van der Waals surface area contributed by atoms with Crippen molar-refractivity contribution in [3.8, 4) is 5.75 Å². The summed E-state index contributed by atoms with van der Waals surface area (Å²) in [5, 5.41) is 0.219. The second-order valence-electron chi connectivity index (χ2n) is 2.35. The highest BCUT2D eigenvalue weighted by molar-refractivity contribution is 6.33. The van der Waals surface area contributed by atoms with Gasteiger partial charge in [-0.2, -0.15) is 0 Å². The molecule has 0 heterocycles. The summed E-state index contributed by atoms with van der Waals surface area (Å²) < 4.78 is 4.88. The molecule has 1 aromatic rings. The Morgan fingerprint density at radius 3 is 2.46 bits per heavy atom. The summed E-state index contributed by atoms with van der Waals surface area (Å²) in [6.07, 6.45) is 1.11. The first-order valence-corrected chi connectivity index (χ1v) is 3.88. The molecule has 4 heteroatoms. The van der Waals surface area contributed by atoms with Gasteiger partial charge in [0.2, 0.25) is 0 Å². The number of aldehydes is 2. The lowest BCUT2D eigenvalue weighted by molar-refractivity contribution is 0.109. The first-order valence-electron chi connectivity index (χ1n) is 3.50. The Kier molecular flexibility index (Phi) is 3.03. The van der Waals surface area contributed by atoms with Gasteiger partial charge in [0.15, 0.2) is 12.6 Å².